The first kappa shape index (κ1) is 9.54. The molecule has 0 heterocycles. The van der Waals surface area contributed by atoms with Crippen LogP contribution in [-0.2, 0) is 6.42 Å². The molecule has 1 atom stereocenters. The van der Waals surface area contributed by atoms with Crippen LogP contribution in [0.2, 0.25) is 5.02 Å². The molecule has 0 aromatic heterocycles. The van der Waals surface area contributed by atoms with Gasteiger partial charge in [-0.05, 0) is 64.4 Å². The van der Waals surface area contributed by atoms with Crippen molar-refractivity contribution in [2.24, 2.45) is 0 Å². The average Bonchev–Trinajstić information content (AvgIpc) is 2.09. The topological polar surface area (TPSA) is 0 Å². The monoisotopic (exact) mass is 258 g/mol. The summed E-state index contributed by atoms with van der Waals surface area (Å²) in [7, 11) is 0. The molecule has 1 aromatic carbocycles. The normalized spacial score (nSPS) is 21.3. The highest BCUT2D eigenvalue weighted by atomic mass is 79.9. The maximum Gasteiger partial charge on any atom is 0.0551 e. The SMILES string of the molecule is CC1CCCc2cc(Cl)c(Br)cc21. The van der Waals surface area contributed by atoms with Crippen LogP contribution in [0.1, 0.15) is 36.8 Å². The minimum atomic E-state index is 0.692. The van der Waals surface area contributed by atoms with Crippen LogP contribution >= 0.6 is 27.5 Å². The zero-order chi connectivity index (χ0) is 9.42. The molecule has 0 amide bonds. The van der Waals surface area contributed by atoms with E-state index in [0.29, 0.717) is 5.92 Å². The molecule has 0 saturated carbocycles. The zero-order valence-electron chi connectivity index (χ0n) is 7.61. The Balaban J connectivity index is 2.52. The number of halogens is 2. The lowest BCUT2D eigenvalue weighted by Crippen LogP contribution is -2.06. The van der Waals surface area contributed by atoms with Crippen LogP contribution in [0.15, 0.2) is 16.6 Å². The first-order valence-corrected chi connectivity index (χ1v) is 5.83. The van der Waals surface area contributed by atoms with E-state index >= 15 is 0 Å². The maximum absolute atomic E-state index is 6.05. The van der Waals surface area contributed by atoms with Gasteiger partial charge in [-0.25, -0.2) is 0 Å². The number of fused-ring (bicyclic) bond motifs is 1. The molecular formula is C11H12BrCl. The van der Waals surface area contributed by atoms with Crippen molar-refractivity contribution in [1.29, 1.82) is 0 Å². The van der Waals surface area contributed by atoms with Gasteiger partial charge in [0.05, 0.1) is 5.02 Å². The number of rotatable bonds is 0. The van der Waals surface area contributed by atoms with Crippen molar-refractivity contribution in [1.82, 2.24) is 0 Å². The van der Waals surface area contributed by atoms with Crippen molar-refractivity contribution in [3.8, 4) is 0 Å². The van der Waals surface area contributed by atoms with E-state index in [1.165, 1.54) is 30.4 Å². The van der Waals surface area contributed by atoms with E-state index in [1.807, 2.05) is 0 Å². The first-order chi connectivity index (χ1) is 6.18. The van der Waals surface area contributed by atoms with Crippen LogP contribution in [0.25, 0.3) is 0 Å². The van der Waals surface area contributed by atoms with E-state index in [4.69, 9.17) is 11.6 Å². The van der Waals surface area contributed by atoms with Crippen molar-refractivity contribution in [2.75, 3.05) is 0 Å². The summed E-state index contributed by atoms with van der Waals surface area (Å²) >= 11 is 9.52. The van der Waals surface area contributed by atoms with E-state index in [2.05, 4.69) is 35.0 Å². The van der Waals surface area contributed by atoms with Gasteiger partial charge in [0, 0.05) is 4.47 Å². The van der Waals surface area contributed by atoms with Gasteiger partial charge in [-0.2, -0.15) is 0 Å². The van der Waals surface area contributed by atoms with E-state index in [-0.39, 0.29) is 0 Å². The summed E-state index contributed by atoms with van der Waals surface area (Å²) in [6, 6.07) is 4.29. The summed E-state index contributed by atoms with van der Waals surface area (Å²) in [4.78, 5) is 0. The third kappa shape index (κ3) is 1.77. The van der Waals surface area contributed by atoms with Gasteiger partial charge in [-0.15, -0.1) is 0 Å². The van der Waals surface area contributed by atoms with Crippen LogP contribution in [0.5, 0.6) is 0 Å². The lowest BCUT2D eigenvalue weighted by molar-refractivity contribution is 0.590. The summed E-state index contributed by atoms with van der Waals surface area (Å²) in [5.74, 6) is 0.692. The Morgan fingerprint density at radius 1 is 1.46 bits per heavy atom. The Labute approximate surface area is 92.4 Å². The predicted molar refractivity (Wildman–Crippen MR) is 60.5 cm³/mol. The lowest BCUT2D eigenvalue weighted by atomic mass is 9.84. The minimum absolute atomic E-state index is 0.692. The van der Waals surface area contributed by atoms with Crippen LogP contribution in [0.4, 0.5) is 0 Å². The number of hydrogen-bond donors (Lipinski definition) is 0. The van der Waals surface area contributed by atoms with E-state index in [1.54, 1.807) is 0 Å². The molecule has 1 aromatic rings. The molecule has 0 nitrogen and oxygen atoms in total. The second-order valence-corrected chi connectivity index (χ2v) is 5.02. The molecule has 0 aliphatic heterocycles. The summed E-state index contributed by atoms with van der Waals surface area (Å²) in [5, 5.41) is 0.841. The average molecular weight is 260 g/mol. The lowest BCUT2D eigenvalue weighted by Gasteiger charge is -2.22. The Kier molecular flexibility index (Phi) is 2.66. The largest absolute Gasteiger partial charge is 0.0831 e. The van der Waals surface area contributed by atoms with Crippen LogP contribution in [0.3, 0.4) is 0 Å². The van der Waals surface area contributed by atoms with Gasteiger partial charge in [-0.1, -0.05) is 18.5 Å². The maximum atomic E-state index is 6.05. The number of benzene rings is 1. The van der Waals surface area contributed by atoms with Gasteiger partial charge in [-0.3, -0.25) is 0 Å². The molecule has 0 spiro atoms. The van der Waals surface area contributed by atoms with Gasteiger partial charge in [0.25, 0.3) is 0 Å². The van der Waals surface area contributed by atoms with Crippen molar-refractivity contribution in [3.63, 3.8) is 0 Å². The fourth-order valence-corrected chi connectivity index (χ4v) is 2.58. The van der Waals surface area contributed by atoms with Crippen LogP contribution < -0.4 is 0 Å². The van der Waals surface area contributed by atoms with E-state index < -0.39 is 0 Å². The number of hydrogen-bond acceptors (Lipinski definition) is 0. The quantitative estimate of drug-likeness (QED) is 0.641. The Hall–Kier alpha value is -0.0100. The molecule has 1 aliphatic rings. The van der Waals surface area contributed by atoms with Gasteiger partial charge >= 0.3 is 0 Å². The smallest absolute Gasteiger partial charge is 0.0551 e. The molecule has 1 aliphatic carbocycles. The number of aryl methyl sites for hydroxylation is 1. The molecule has 2 rings (SSSR count). The summed E-state index contributed by atoms with van der Waals surface area (Å²) in [6.07, 6.45) is 3.79. The van der Waals surface area contributed by atoms with E-state index in [9.17, 15) is 0 Å². The molecule has 70 valence electrons. The third-order valence-corrected chi connectivity index (χ3v) is 3.99. The highest BCUT2D eigenvalue weighted by Crippen LogP contribution is 2.36. The molecule has 0 bridgehead atoms. The molecule has 1 unspecified atom stereocenters. The fraction of sp³-hybridized carbons (Fsp3) is 0.455. The third-order valence-electron chi connectivity index (χ3n) is 2.80. The summed E-state index contributed by atoms with van der Waals surface area (Å²) in [6.45, 7) is 2.29. The summed E-state index contributed by atoms with van der Waals surface area (Å²) < 4.78 is 1.03. The van der Waals surface area contributed by atoms with Crippen molar-refractivity contribution in [3.05, 3.63) is 32.8 Å². The first-order valence-electron chi connectivity index (χ1n) is 4.66. The minimum Gasteiger partial charge on any atom is -0.0831 e. The van der Waals surface area contributed by atoms with Gasteiger partial charge < -0.3 is 0 Å². The molecule has 0 saturated heterocycles. The molecular weight excluding hydrogens is 247 g/mol. The standard InChI is InChI=1S/C11H12BrCl/c1-7-3-2-4-8-5-11(13)10(12)6-9(7)8/h5-7H,2-4H2,1H3. The molecule has 0 fully saturated rings. The highest BCUT2D eigenvalue weighted by molar-refractivity contribution is 9.10. The van der Waals surface area contributed by atoms with Gasteiger partial charge in [0.15, 0.2) is 0 Å². The predicted octanol–water partition coefficient (Wildman–Crippen LogP) is 4.54. The van der Waals surface area contributed by atoms with Crippen molar-refractivity contribution in [2.45, 2.75) is 32.1 Å². The Morgan fingerprint density at radius 2 is 2.23 bits per heavy atom. The Bertz CT molecular complexity index is 333. The van der Waals surface area contributed by atoms with Crippen molar-refractivity contribution >= 4 is 27.5 Å². The van der Waals surface area contributed by atoms with E-state index in [0.717, 1.165) is 9.50 Å². The second-order valence-electron chi connectivity index (χ2n) is 3.76. The molecule has 0 radical (unpaired) electrons. The second kappa shape index (κ2) is 3.62. The molecule has 2 heteroatoms. The van der Waals surface area contributed by atoms with Crippen molar-refractivity contribution < 1.29 is 0 Å². The zero-order valence-corrected chi connectivity index (χ0v) is 9.95. The highest BCUT2D eigenvalue weighted by Gasteiger charge is 2.17. The fourth-order valence-electron chi connectivity index (χ4n) is 2.03. The van der Waals surface area contributed by atoms with Crippen LogP contribution in [0, 0.1) is 0 Å². The van der Waals surface area contributed by atoms with Gasteiger partial charge in [0.2, 0.25) is 0 Å². The van der Waals surface area contributed by atoms with Gasteiger partial charge in [0.1, 0.15) is 0 Å². The summed E-state index contributed by atoms with van der Waals surface area (Å²) in [5.41, 5.74) is 2.91. The molecule has 0 N–H and O–H groups in total. The van der Waals surface area contributed by atoms with Crippen LogP contribution in [-0.4, -0.2) is 0 Å². The Morgan fingerprint density at radius 3 is 3.00 bits per heavy atom. The molecule has 13 heavy (non-hydrogen) atoms.